The van der Waals surface area contributed by atoms with E-state index in [1.807, 2.05) is 30.0 Å². The van der Waals surface area contributed by atoms with E-state index >= 15 is 0 Å². The summed E-state index contributed by atoms with van der Waals surface area (Å²) in [6.07, 6.45) is 5.60. The Bertz CT molecular complexity index is 785. The number of rotatable bonds is 6. The minimum atomic E-state index is 0. The molecule has 0 spiro atoms. The van der Waals surface area contributed by atoms with Gasteiger partial charge in [-0.2, -0.15) is 0 Å². The molecule has 29 heavy (non-hydrogen) atoms. The van der Waals surface area contributed by atoms with Crippen molar-refractivity contribution in [2.75, 3.05) is 19.6 Å². The highest BCUT2D eigenvalue weighted by molar-refractivity contribution is 14.0. The third-order valence-corrected chi connectivity index (χ3v) is 5.34. The van der Waals surface area contributed by atoms with Crippen molar-refractivity contribution in [1.29, 1.82) is 0 Å². The Morgan fingerprint density at radius 1 is 1.28 bits per heavy atom. The number of likely N-dealkylation sites (tertiary alicyclic amines) is 1. The summed E-state index contributed by atoms with van der Waals surface area (Å²) in [4.78, 5) is 16.1. The highest BCUT2D eigenvalue weighted by Crippen LogP contribution is 2.18. The van der Waals surface area contributed by atoms with Crippen molar-refractivity contribution in [2.45, 2.75) is 53.2 Å². The fourth-order valence-corrected chi connectivity index (χ4v) is 3.55. The third kappa shape index (κ3) is 6.15. The molecule has 2 atom stereocenters. The molecule has 0 bridgehead atoms. The Balaban J connectivity index is 0.00000300. The van der Waals surface area contributed by atoms with Crippen LogP contribution in [0.15, 0.2) is 35.7 Å². The Morgan fingerprint density at radius 2 is 2.07 bits per heavy atom. The molecule has 0 aromatic carbocycles. The summed E-state index contributed by atoms with van der Waals surface area (Å²) in [5, 5.41) is 7.00. The fourth-order valence-electron chi connectivity index (χ4n) is 3.55. The maximum absolute atomic E-state index is 4.78. The number of aromatic nitrogens is 3. The zero-order chi connectivity index (χ0) is 20.1. The second kappa shape index (κ2) is 10.9. The summed E-state index contributed by atoms with van der Waals surface area (Å²) in [6.45, 7) is 14.5. The topological polar surface area (TPSA) is 70.4 Å². The molecule has 1 aliphatic rings. The first-order valence-corrected chi connectivity index (χ1v) is 10.2. The van der Waals surface area contributed by atoms with Crippen molar-refractivity contribution in [3.05, 3.63) is 42.1 Å². The minimum absolute atomic E-state index is 0. The van der Waals surface area contributed by atoms with Crippen LogP contribution < -0.4 is 10.6 Å². The van der Waals surface area contributed by atoms with Crippen molar-refractivity contribution in [3.8, 4) is 5.82 Å². The number of guanidine groups is 1. The number of halogens is 1. The van der Waals surface area contributed by atoms with Gasteiger partial charge in [0.25, 0.3) is 0 Å². The van der Waals surface area contributed by atoms with E-state index in [0.29, 0.717) is 24.5 Å². The van der Waals surface area contributed by atoms with Crippen LogP contribution in [0.2, 0.25) is 0 Å². The van der Waals surface area contributed by atoms with Gasteiger partial charge in [-0.15, -0.1) is 24.0 Å². The molecule has 1 fully saturated rings. The fraction of sp³-hybridized carbons (Fsp3) is 0.571. The summed E-state index contributed by atoms with van der Waals surface area (Å²) in [6, 6.07) is 5.09. The van der Waals surface area contributed by atoms with Crippen LogP contribution in [0.3, 0.4) is 0 Å². The van der Waals surface area contributed by atoms with Gasteiger partial charge >= 0.3 is 0 Å². The van der Waals surface area contributed by atoms with Crippen LogP contribution in [0.4, 0.5) is 0 Å². The average molecular weight is 511 g/mol. The summed E-state index contributed by atoms with van der Waals surface area (Å²) < 4.78 is 1.97. The molecule has 3 heterocycles. The van der Waals surface area contributed by atoms with Gasteiger partial charge in [-0.05, 0) is 45.2 Å². The number of hydrogen-bond acceptors (Lipinski definition) is 4. The maximum Gasteiger partial charge on any atom is 0.191 e. The predicted molar refractivity (Wildman–Crippen MR) is 129 cm³/mol. The van der Waals surface area contributed by atoms with Crippen LogP contribution in [0.1, 0.15) is 39.1 Å². The Kier molecular flexibility index (Phi) is 8.88. The smallest absolute Gasteiger partial charge is 0.191 e. The standard InChI is InChI=1S/C21H33N7.HI/c1-6-22-21(26-19-14-27(15(2)3)13-16(19)4)25-12-18-7-8-20(24-11-18)28-10-9-23-17(28)5;/h7-11,15-16,19H,6,12-14H2,1-5H3,(H2,22,25,26);1H. The van der Waals surface area contributed by atoms with Gasteiger partial charge in [0.1, 0.15) is 11.6 Å². The molecule has 3 rings (SSSR count). The van der Waals surface area contributed by atoms with Gasteiger partial charge in [-0.25, -0.2) is 15.0 Å². The van der Waals surface area contributed by atoms with E-state index in [4.69, 9.17) is 4.99 Å². The zero-order valence-corrected chi connectivity index (χ0v) is 20.4. The van der Waals surface area contributed by atoms with Gasteiger partial charge in [-0.1, -0.05) is 13.0 Å². The lowest BCUT2D eigenvalue weighted by Gasteiger charge is -2.22. The average Bonchev–Trinajstić information content (AvgIpc) is 3.26. The second-order valence-corrected chi connectivity index (χ2v) is 7.84. The molecule has 0 amide bonds. The number of pyridine rings is 1. The van der Waals surface area contributed by atoms with Crippen molar-refractivity contribution >= 4 is 29.9 Å². The highest BCUT2D eigenvalue weighted by Gasteiger charge is 2.31. The molecule has 7 nitrogen and oxygen atoms in total. The molecule has 2 unspecified atom stereocenters. The number of aliphatic imine (C=N–C) groups is 1. The van der Waals surface area contributed by atoms with Gasteiger partial charge in [0.15, 0.2) is 5.96 Å². The van der Waals surface area contributed by atoms with E-state index in [-0.39, 0.29) is 24.0 Å². The molecule has 160 valence electrons. The molecule has 8 heteroatoms. The van der Waals surface area contributed by atoms with Gasteiger partial charge in [-0.3, -0.25) is 9.47 Å². The molecule has 2 aromatic heterocycles. The molecule has 0 radical (unpaired) electrons. The van der Waals surface area contributed by atoms with Crippen LogP contribution in [-0.4, -0.2) is 57.1 Å². The number of nitrogens with one attached hydrogen (secondary N) is 2. The Labute approximate surface area is 191 Å². The van der Waals surface area contributed by atoms with Gasteiger partial charge < -0.3 is 10.6 Å². The molecular formula is C21H34IN7. The molecular weight excluding hydrogens is 477 g/mol. The van der Waals surface area contributed by atoms with E-state index in [1.165, 1.54) is 0 Å². The van der Waals surface area contributed by atoms with E-state index < -0.39 is 0 Å². The Hall–Kier alpha value is -1.68. The van der Waals surface area contributed by atoms with Gasteiger partial charge in [0.05, 0.1) is 6.54 Å². The second-order valence-electron chi connectivity index (χ2n) is 7.84. The summed E-state index contributed by atoms with van der Waals surface area (Å²) >= 11 is 0. The van der Waals surface area contributed by atoms with E-state index in [9.17, 15) is 0 Å². The molecule has 1 saturated heterocycles. The van der Waals surface area contributed by atoms with Crippen molar-refractivity contribution < 1.29 is 0 Å². The van der Waals surface area contributed by atoms with E-state index in [0.717, 1.165) is 42.8 Å². The quantitative estimate of drug-likeness (QED) is 0.355. The van der Waals surface area contributed by atoms with Crippen LogP contribution in [0.25, 0.3) is 5.82 Å². The van der Waals surface area contributed by atoms with Gasteiger partial charge in [0, 0.05) is 50.3 Å². The largest absolute Gasteiger partial charge is 0.357 e. The number of nitrogens with zero attached hydrogens (tertiary/aromatic N) is 5. The summed E-state index contributed by atoms with van der Waals surface area (Å²) in [5.41, 5.74) is 1.09. The Morgan fingerprint density at radius 3 is 2.62 bits per heavy atom. The first kappa shape index (κ1) is 23.6. The molecule has 0 saturated carbocycles. The van der Waals surface area contributed by atoms with Crippen molar-refractivity contribution in [3.63, 3.8) is 0 Å². The summed E-state index contributed by atoms with van der Waals surface area (Å²) in [5.74, 6) is 3.28. The summed E-state index contributed by atoms with van der Waals surface area (Å²) in [7, 11) is 0. The first-order valence-electron chi connectivity index (χ1n) is 10.2. The lowest BCUT2D eigenvalue weighted by Crippen LogP contribution is -2.46. The monoisotopic (exact) mass is 511 g/mol. The van der Waals surface area contributed by atoms with Crippen molar-refractivity contribution in [2.24, 2.45) is 10.9 Å². The number of aryl methyl sites for hydroxylation is 1. The third-order valence-electron chi connectivity index (χ3n) is 5.34. The predicted octanol–water partition coefficient (Wildman–Crippen LogP) is 2.98. The van der Waals surface area contributed by atoms with Crippen molar-refractivity contribution in [1.82, 2.24) is 30.1 Å². The van der Waals surface area contributed by atoms with Crippen LogP contribution >= 0.6 is 24.0 Å². The van der Waals surface area contributed by atoms with E-state index in [1.54, 1.807) is 6.20 Å². The molecule has 2 aromatic rings. The first-order chi connectivity index (χ1) is 13.5. The van der Waals surface area contributed by atoms with Crippen LogP contribution in [0, 0.1) is 12.8 Å². The van der Waals surface area contributed by atoms with Gasteiger partial charge in [0.2, 0.25) is 0 Å². The number of imidazole rings is 1. The maximum atomic E-state index is 4.78. The normalized spacial score (nSPS) is 20.0. The lowest BCUT2D eigenvalue weighted by atomic mass is 10.1. The number of hydrogen-bond donors (Lipinski definition) is 2. The van der Waals surface area contributed by atoms with Crippen LogP contribution in [0.5, 0.6) is 0 Å². The minimum Gasteiger partial charge on any atom is -0.357 e. The molecule has 2 N–H and O–H groups in total. The molecule has 1 aliphatic heterocycles. The zero-order valence-electron chi connectivity index (χ0n) is 18.1. The van der Waals surface area contributed by atoms with Crippen LogP contribution in [-0.2, 0) is 6.54 Å². The SMILES string of the molecule is CCNC(=NCc1ccc(-n2ccnc2C)nc1)NC1CN(C(C)C)CC1C.I. The molecule has 0 aliphatic carbocycles. The highest BCUT2D eigenvalue weighted by atomic mass is 127. The lowest BCUT2D eigenvalue weighted by molar-refractivity contribution is 0.265. The van der Waals surface area contributed by atoms with E-state index in [2.05, 4.69) is 59.3 Å².